The van der Waals surface area contributed by atoms with E-state index in [1.165, 1.54) is 5.69 Å². The number of piperazine rings is 1. The molecule has 1 aromatic carbocycles. The summed E-state index contributed by atoms with van der Waals surface area (Å²) >= 11 is 0. The summed E-state index contributed by atoms with van der Waals surface area (Å²) in [5.74, 6) is 0.875. The second kappa shape index (κ2) is 5.94. The second-order valence-electron chi connectivity index (χ2n) is 5.13. The van der Waals surface area contributed by atoms with Gasteiger partial charge in [0, 0.05) is 30.9 Å². The molecule has 1 saturated heterocycles. The van der Waals surface area contributed by atoms with Gasteiger partial charge in [0.2, 0.25) is 0 Å². The van der Waals surface area contributed by atoms with Crippen molar-refractivity contribution in [3.05, 3.63) is 24.3 Å². The maximum atomic E-state index is 8.94. The zero-order valence-electron chi connectivity index (χ0n) is 11.8. The van der Waals surface area contributed by atoms with Crippen LogP contribution >= 0.6 is 0 Å². The molecule has 0 bridgehead atoms. The minimum absolute atomic E-state index is 0.302. The third kappa shape index (κ3) is 2.99. The zero-order chi connectivity index (χ0) is 13.8. The van der Waals surface area contributed by atoms with Crippen LogP contribution in [0.25, 0.3) is 0 Å². The molecule has 2 rings (SSSR count). The van der Waals surface area contributed by atoms with Crippen LogP contribution in [0.4, 0.5) is 5.69 Å². The molecule has 2 unspecified atom stereocenters. The first-order chi connectivity index (χ1) is 9.15. The number of hydrogen-bond donors (Lipinski definition) is 0. The summed E-state index contributed by atoms with van der Waals surface area (Å²) in [6.45, 7) is 4.10. The van der Waals surface area contributed by atoms with Crippen molar-refractivity contribution >= 4 is 5.69 Å². The van der Waals surface area contributed by atoms with Gasteiger partial charge in [-0.15, -0.1) is 0 Å². The van der Waals surface area contributed by atoms with Crippen LogP contribution in [0, 0.1) is 11.3 Å². The van der Waals surface area contributed by atoms with Gasteiger partial charge in [-0.2, -0.15) is 5.26 Å². The highest BCUT2D eigenvalue weighted by Gasteiger charge is 2.29. The molecule has 102 valence electrons. The molecule has 0 aliphatic carbocycles. The maximum absolute atomic E-state index is 8.94. The third-order valence-electron chi connectivity index (χ3n) is 3.95. The van der Waals surface area contributed by atoms with Crippen molar-refractivity contribution in [2.45, 2.75) is 25.4 Å². The van der Waals surface area contributed by atoms with E-state index in [1.54, 1.807) is 7.11 Å². The Morgan fingerprint density at radius 2 is 2.00 bits per heavy atom. The monoisotopic (exact) mass is 259 g/mol. The van der Waals surface area contributed by atoms with Gasteiger partial charge in [0.05, 0.1) is 19.6 Å². The number of hydrogen-bond acceptors (Lipinski definition) is 4. The van der Waals surface area contributed by atoms with Crippen LogP contribution in [-0.4, -0.2) is 44.2 Å². The van der Waals surface area contributed by atoms with Crippen molar-refractivity contribution in [2.75, 3.05) is 32.1 Å². The average Bonchev–Trinajstić information content (AvgIpc) is 2.44. The van der Waals surface area contributed by atoms with Gasteiger partial charge in [-0.3, -0.25) is 4.90 Å². The topological polar surface area (TPSA) is 39.5 Å². The first kappa shape index (κ1) is 13.7. The molecule has 1 fully saturated rings. The summed E-state index contributed by atoms with van der Waals surface area (Å²) in [5.41, 5.74) is 1.20. The van der Waals surface area contributed by atoms with Crippen LogP contribution in [0.5, 0.6) is 5.75 Å². The van der Waals surface area contributed by atoms with E-state index in [0.717, 1.165) is 18.8 Å². The minimum atomic E-state index is 0.302. The fourth-order valence-corrected chi connectivity index (χ4v) is 2.58. The number of anilines is 1. The Hall–Kier alpha value is -1.73. The van der Waals surface area contributed by atoms with Crippen molar-refractivity contribution in [3.8, 4) is 11.8 Å². The molecule has 1 aliphatic rings. The molecule has 0 aromatic heterocycles. The van der Waals surface area contributed by atoms with E-state index >= 15 is 0 Å². The van der Waals surface area contributed by atoms with E-state index < -0.39 is 0 Å². The Balaban J connectivity index is 2.13. The van der Waals surface area contributed by atoms with E-state index in [1.807, 2.05) is 12.1 Å². The second-order valence-corrected chi connectivity index (χ2v) is 5.13. The highest BCUT2D eigenvalue weighted by Crippen LogP contribution is 2.24. The van der Waals surface area contributed by atoms with Crippen LogP contribution in [0.3, 0.4) is 0 Å². The Kier molecular flexibility index (Phi) is 4.28. The Labute approximate surface area is 115 Å². The molecule has 0 radical (unpaired) electrons. The van der Waals surface area contributed by atoms with Gasteiger partial charge in [-0.05, 0) is 38.2 Å². The van der Waals surface area contributed by atoms with Crippen LogP contribution in [-0.2, 0) is 0 Å². The van der Waals surface area contributed by atoms with Crippen molar-refractivity contribution in [1.29, 1.82) is 5.26 Å². The lowest BCUT2D eigenvalue weighted by molar-refractivity contribution is 0.160. The highest BCUT2D eigenvalue weighted by atomic mass is 16.5. The number of nitriles is 1. The molecule has 4 heteroatoms. The maximum Gasteiger partial charge on any atom is 0.119 e. The first-order valence-electron chi connectivity index (χ1n) is 6.63. The number of methoxy groups -OCH3 is 1. The molecule has 0 amide bonds. The summed E-state index contributed by atoms with van der Waals surface area (Å²) in [6, 6.07) is 11.2. The van der Waals surface area contributed by atoms with E-state index in [4.69, 9.17) is 10.00 Å². The quantitative estimate of drug-likeness (QED) is 0.833. The number of nitrogens with zero attached hydrogens (tertiary/aromatic N) is 3. The van der Waals surface area contributed by atoms with E-state index in [9.17, 15) is 0 Å². The fourth-order valence-electron chi connectivity index (χ4n) is 2.58. The summed E-state index contributed by atoms with van der Waals surface area (Å²) in [7, 11) is 3.79. The van der Waals surface area contributed by atoms with Gasteiger partial charge in [-0.1, -0.05) is 0 Å². The molecular formula is C15H21N3O. The lowest BCUT2D eigenvalue weighted by atomic mass is 10.0. The molecule has 0 saturated carbocycles. The lowest BCUT2D eigenvalue weighted by Gasteiger charge is -2.44. The SMILES string of the molecule is COc1ccc(N2CC(C)N(C)C(CC#N)C2)cc1. The van der Waals surface area contributed by atoms with Gasteiger partial charge < -0.3 is 9.64 Å². The van der Waals surface area contributed by atoms with E-state index in [2.05, 4.69) is 42.0 Å². The van der Waals surface area contributed by atoms with Crippen LogP contribution in [0.15, 0.2) is 24.3 Å². The van der Waals surface area contributed by atoms with Gasteiger partial charge >= 0.3 is 0 Å². The highest BCUT2D eigenvalue weighted by molar-refractivity contribution is 5.50. The Morgan fingerprint density at radius 3 is 2.58 bits per heavy atom. The smallest absolute Gasteiger partial charge is 0.119 e. The predicted octanol–water partition coefficient (Wildman–Crippen LogP) is 2.12. The Bertz CT molecular complexity index is 451. The van der Waals surface area contributed by atoms with Crippen molar-refractivity contribution < 1.29 is 4.74 Å². The number of likely N-dealkylation sites (N-methyl/N-ethyl adjacent to an activating group) is 1. The van der Waals surface area contributed by atoms with E-state index in [0.29, 0.717) is 18.5 Å². The molecule has 1 aromatic rings. The first-order valence-corrected chi connectivity index (χ1v) is 6.63. The molecule has 0 spiro atoms. The molecule has 1 aliphatic heterocycles. The van der Waals surface area contributed by atoms with Crippen LogP contribution in [0.1, 0.15) is 13.3 Å². The molecule has 4 nitrogen and oxygen atoms in total. The molecule has 1 heterocycles. The summed E-state index contributed by atoms with van der Waals surface area (Å²) in [5, 5.41) is 8.94. The summed E-state index contributed by atoms with van der Waals surface area (Å²) < 4.78 is 5.18. The van der Waals surface area contributed by atoms with Gasteiger partial charge in [0.25, 0.3) is 0 Å². The van der Waals surface area contributed by atoms with Crippen molar-refractivity contribution in [1.82, 2.24) is 4.90 Å². The van der Waals surface area contributed by atoms with Crippen LogP contribution in [0.2, 0.25) is 0 Å². The molecular weight excluding hydrogens is 238 g/mol. The average molecular weight is 259 g/mol. The standard InChI is InChI=1S/C15H21N3O/c1-12-10-18(11-14(8-9-16)17(12)2)13-4-6-15(19-3)7-5-13/h4-7,12,14H,8,10-11H2,1-3H3. The summed E-state index contributed by atoms with van der Waals surface area (Å²) in [6.07, 6.45) is 0.577. The van der Waals surface area contributed by atoms with Crippen molar-refractivity contribution in [2.24, 2.45) is 0 Å². The molecule has 0 N–H and O–H groups in total. The van der Waals surface area contributed by atoms with Gasteiger partial charge in [0.15, 0.2) is 0 Å². The largest absolute Gasteiger partial charge is 0.497 e. The number of benzene rings is 1. The summed E-state index contributed by atoms with van der Waals surface area (Å²) in [4.78, 5) is 4.66. The molecule has 19 heavy (non-hydrogen) atoms. The predicted molar refractivity (Wildman–Crippen MR) is 76.5 cm³/mol. The molecule has 2 atom stereocenters. The van der Waals surface area contributed by atoms with Crippen molar-refractivity contribution in [3.63, 3.8) is 0 Å². The normalized spacial score (nSPS) is 24.0. The van der Waals surface area contributed by atoms with E-state index in [-0.39, 0.29) is 0 Å². The minimum Gasteiger partial charge on any atom is -0.497 e. The zero-order valence-corrected chi connectivity index (χ0v) is 11.8. The number of ether oxygens (including phenoxy) is 1. The lowest BCUT2D eigenvalue weighted by Crippen LogP contribution is -2.56. The van der Waals surface area contributed by atoms with Crippen LogP contribution < -0.4 is 9.64 Å². The fraction of sp³-hybridized carbons (Fsp3) is 0.533. The number of rotatable bonds is 3. The third-order valence-corrected chi connectivity index (χ3v) is 3.95. The van der Waals surface area contributed by atoms with Gasteiger partial charge in [-0.25, -0.2) is 0 Å². The van der Waals surface area contributed by atoms with Gasteiger partial charge in [0.1, 0.15) is 5.75 Å². The Morgan fingerprint density at radius 1 is 1.32 bits per heavy atom.